The highest BCUT2D eigenvalue weighted by atomic mass is 35.5. The summed E-state index contributed by atoms with van der Waals surface area (Å²) in [6, 6.07) is 5.34. The van der Waals surface area contributed by atoms with Gasteiger partial charge in [0.05, 0.1) is 13.2 Å². The maximum absolute atomic E-state index is 12.1. The molecular formula is C17H24ClN3O3. The summed E-state index contributed by atoms with van der Waals surface area (Å²) in [5.41, 5.74) is 1.56. The third kappa shape index (κ3) is 5.47. The number of rotatable bonds is 6. The van der Waals surface area contributed by atoms with Crippen molar-refractivity contribution in [2.24, 2.45) is 0 Å². The van der Waals surface area contributed by atoms with Gasteiger partial charge in [-0.2, -0.15) is 0 Å². The Balaban J connectivity index is 1.86. The summed E-state index contributed by atoms with van der Waals surface area (Å²) in [5.74, 6) is -0.381. The molecule has 7 heteroatoms. The molecule has 1 fully saturated rings. The first-order chi connectivity index (χ1) is 11.5. The fraction of sp³-hybridized carbons (Fsp3) is 0.529. The number of aryl methyl sites for hydroxylation is 1. The number of hydrogen-bond acceptors (Lipinski definition) is 4. The zero-order valence-corrected chi connectivity index (χ0v) is 14.9. The van der Waals surface area contributed by atoms with Gasteiger partial charge in [-0.3, -0.25) is 14.5 Å². The number of anilines is 1. The fourth-order valence-electron chi connectivity index (χ4n) is 2.51. The molecule has 2 amide bonds. The number of nitrogens with one attached hydrogen (secondary N) is 1. The summed E-state index contributed by atoms with van der Waals surface area (Å²) in [7, 11) is 0. The van der Waals surface area contributed by atoms with E-state index in [0.29, 0.717) is 17.3 Å². The average Bonchev–Trinajstić information content (AvgIpc) is 2.56. The van der Waals surface area contributed by atoms with Crippen molar-refractivity contribution in [3.8, 4) is 0 Å². The van der Waals surface area contributed by atoms with E-state index in [9.17, 15) is 9.59 Å². The molecule has 24 heavy (non-hydrogen) atoms. The first-order valence-corrected chi connectivity index (χ1v) is 8.46. The largest absolute Gasteiger partial charge is 0.379 e. The van der Waals surface area contributed by atoms with Gasteiger partial charge in [0.1, 0.15) is 6.54 Å². The zero-order valence-electron chi connectivity index (χ0n) is 14.2. The number of benzene rings is 1. The van der Waals surface area contributed by atoms with E-state index < -0.39 is 0 Å². The Kier molecular flexibility index (Phi) is 7.02. The SMILES string of the molecule is CC(=O)N(CC(=O)NCCN1CCOCC1)c1ccc(C)c(Cl)c1. The number of halogens is 1. The Bertz CT molecular complexity index is 588. The van der Waals surface area contributed by atoms with Gasteiger partial charge in [-0.1, -0.05) is 17.7 Å². The number of nitrogens with zero attached hydrogens (tertiary/aromatic N) is 2. The van der Waals surface area contributed by atoms with E-state index in [2.05, 4.69) is 10.2 Å². The number of amides is 2. The molecule has 0 bridgehead atoms. The lowest BCUT2D eigenvalue weighted by Gasteiger charge is -2.26. The maximum atomic E-state index is 12.1. The van der Waals surface area contributed by atoms with Crippen molar-refractivity contribution < 1.29 is 14.3 Å². The highest BCUT2D eigenvalue weighted by Gasteiger charge is 2.17. The molecule has 0 aromatic heterocycles. The lowest BCUT2D eigenvalue weighted by Crippen LogP contribution is -2.44. The van der Waals surface area contributed by atoms with E-state index in [0.717, 1.165) is 38.4 Å². The Morgan fingerprint density at radius 2 is 2.04 bits per heavy atom. The average molecular weight is 354 g/mol. The van der Waals surface area contributed by atoms with E-state index >= 15 is 0 Å². The molecule has 2 rings (SSSR count). The van der Waals surface area contributed by atoms with Crippen LogP contribution in [0, 0.1) is 6.92 Å². The maximum Gasteiger partial charge on any atom is 0.240 e. The van der Waals surface area contributed by atoms with E-state index in [1.54, 1.807) is 12.1 Å². The van der Waals surface area contributed by atoms with Gasteiger partial charge in [-0.25, -0.2) is 0 Å². The van der Waals surface area contributed by atoms with Gasteiger partial charge in [0, 0.05) is 43.8 Å². The second kappa shape index (κ2) is 9.01. The van der Waals surface area contributed by atoms with Gasteiger partial charge in [0.25, 0.3) is 0 Å². The van der Waals surface area contributed by atoms with Crippen LogP contribution in [0.1, 0.15) is 12.5 Å². The van der Waals surface area contributed by atoms with Gasteiger partial charge < -0.3 is 15.0 Å². The van der Waals surface area contributed by atoms with Crippen LogP contribution in [0.4, 0.5) is 5.69 Å². The second-order valence-corrected chi connectivity index (χ2v) is 6.25. The first kappa shape index (κ1) is 18.7. The topological polar surface area (TPSA) is 61.9 Å². The second-order valence-electron chi connectivity index (χ2n) is 5.84. The molecule has 1 saturated heterocycles. The quantitative estimate of drug-likeness (QED) is 0.841. The van der Waals surface area contributed by atoms with Crippen molar-refractivity contribution in [1.29, 1.82) is 0 Å². The monoisotopic (exact) mass is 353 g/mol. The van der Waals surface area contributed by atoms with Crippen LogP contribution >= 0.6 is 11.6 Å². The Labute approximate surface area is 147 Å². The Morgan fingerprint density at radius 1 is 1.33 bits per heavy atom. The predicted molar refractivity (Wildman–Crippen MR) is 94.5 cm³/mol. The van der Waals surface area contributed by atoms with Crippen LogP contribution in [0.15, 0.2) is 18.2 Å². The first-order valence-electron chi connectivity index (χ1n) is 8.08. The van der Waals surface area contributed by atoms with Gasteiger partial charge in [-0.05, 0) is 24.6 Å². The standard InChI is InChI=1S/C17H24ClN3O3/c1-13-3-4-15(11-16(13)18)21(14(2)22)12-17(23)19-5-6-20-7-9-24-10-8-20/h3-4,11H,5-10,12H2,1-2H3,(H,19,23). The molecule has 0 spiro atoms. The van der Waals surface area contributed by atoms with E-state index in [-0.39, 0.29) is 18.4 Å². The molecule has 1 aromatic carbocycles. The predicted octanol–water partition coefficient (Wildman–Crippen LogP) is 1.45. The highest BCUT2D eigenvalue weighted by molar-refractivity contribution is 6.31. The van der Waals surface area contributed by atoms with Crippen LogP contribution in [-0.2, 0) is 14.3 Å². The molecule has 0 atom stereocenters. The number of morpholine rings is 1. The third-order valence-corrected chi connectivity index (χ3v) is 4.41. The van der Waals surface area contributed by atoms with E-state index in [1.165, 1.54) is 11.8 Å². The molecule has 0 unspecified atom stereocenters. The minimum absolute atomic E-state index is 0.0160. The molecule has 1 N–H and O–H groups in total. The molecule has 6 nitrogen and oxygen atoms in total. The van der Waals surface area contributed by atoms with Crippen LogP contribution in [0.25, 0.3) is 0 Å². The number of carbonyl (C=O) groups excluding carboxylic acids is 2. The van der Waals surface area contributed by atoms with Crippen molar-refractivity contribution in [3.05, 3.63) is 28.8 Å². The van der Waals surface area contributed by atoms with Crippen molar-refractivity contribution >= 4 is 29.1 Å². The van der Waals surface area contributed by atoms with Crippen LogP contribution in [-0.4, -0.2) is 62.7 Å². The number of ether oxygens (including phenoxy) is 1. The molecular weight excluding hydrogens is 330 g/mol. The molecule has 132 valence electrons. The molecule has 0 saturated carbocycles. The molecule has 1 aliphatic rings. The van der Waals surface area contributed by atoms with Crippen molar-refractivity contribution in [1.82, 2.24) is 10.2 Å². The van der Waals surface area contributed by atoms with Crippen LogP contribution in [0.2, 0.25) is 5.02 Å². The van der Waals surface area contributed by atoms with Gasteiger partial charge in [0.2, 0.25) is 11.8 Å². The normalized spacial score (nSPS) is 15.1. The zero-order chi connectivity index (χ0) is 17.5. The summed E-state index contributed by atoms with van der Waals surface area (Å²) >= 11 is 6.11. The van der Waals surface area contributed by atoms with Crippen LogP contribution in [0.5, 0.6) is 0 Å². The lowest BCUT2D eigenvalue weighted by molar-refractivity contribution is -0.123. The molecule has 0 aliphatic carbocycles. The molecule has 1 aromatic rings. The number of hydrogen-bond donors (Lipinski definition) is 1. The number of carbonyl (C=O) groups is 2. The lowest BCUT2D eigenvalue weighted by atomic mass is 10.2. The molecule has 1 heterocycles. The smallest absolute Gasteiger partial charge is 0.240 e. The summed E-state index contributed by atoms with van der Waals surface area (Å²) < 4.78 is 5.29. The Morgan fingerprint density at radius 3 is 2.67 bits per heavy atom. The third-order valence-electron chi connectivity index (χ3n) is 4.00. The summed E-state index contributed by atoms with van der Waals surface area (Å²) in [6.45, 7) is 7.90. The van der Waals surface area contributed by atoms with Gasteiger partial charge >= 0.3 is 0 Å². The van der Waals surface area contributed by atoms with Crippen molar-refractivity contribution in [2.75, 3.05) is 50.8 Å². The molecule has 0 radical (unpaired) electrons. The van der Waals surface area contributed by atoms with Crippen molar-refractivity contribution in [3.63, 3.8) is 0 Å². The molecule has 1 aliphatic heterocycles. The summed E-state index contributed by atoms with van der Waals surface area (Å²) in [5, 5.41) is 3.44. The minimum atomic E-state index is -0.196. The minimum Gasteiger partial charge on any atom is -0.379 e. The highest BCUT2D eigenvalue weighted by Crippen LogP contribution is 2.23. The van der Waals surface area contributed by atoms with E-state index in [1.807, 2.05) is 13.0 Å². The van der Waals surface area contributed by atoms with Gasteiger partial charge in [-0.15, -0.1) is 0 Å². The van der Waals surface area contributed by atoms with Crippen LogP contribution in [0.3, 0.4) is 0 Å². The fourth-order valence-corrected chi connectivity index (χ4v) is 2.69. The van der Waals surface area contributed by atoms with Crippen molar-refractivity contribution in [2.45, 2.75) is 13.8 Å². The van der Waals surface area contributed by atoms with Crippen LogP contribution < -0.4 is 10.2 Å². The van der Waals surface area contributed by atoms with Gasteiger partial charge in [0.15, 0.2) is 0 Å². The summed E-state index contributed by atoms with van der Waals surface area (Å²) in [4.78, 5) is 27.7. The van der Waals surface area contributed by atoms with E-state index in [4.69, 9.17) is 16.3 Å². The Hall–Kier alpha value is -1.63. The summed E-state index contributed by atoms with van der Waals surface area (Å²) in [6.07, 6.45) is 0.